The van der Waals surface area contributed by atoms with E-state index in [1.165, 1.54) is 0 Å². The maximum absolute atomic E-state index is 11.1. The summed E-state index contributed by atoms with van der Waals surface area (Å²) in [4.78, 5) is 10.7. The third-order valence-corrected chi connectivity index (χ3v) is 3.44. The van der Waals surface area contributed by atoms with E-state index < -0.39 is 0 Å². The van der Waals surface area contributed by atoms with E-state index in [-0.39, 0.29) is 10.6 Å². The summed E-state index contributed by atoms with van der Waals surface area (Å²) in [5.41, 5.74) is 1.65. The lowest BCUT2D eigenvalue weighted by Crippen LogP contribution is -2.34. The van der Waals surface area contributed by atoms with E-state index in [0.29, 0.717) is 24.8 Å². The van der Waals surface area contributed by atoms with Crippen molar-refractivity contribution >= 4 is 11.4 Å². The number of nitro benzene ring substituents is 1. The molecule has 0 atom stereocenters. The fraction of sp³-hybridized carbons (Fsp3) is 0.571. The maximum Gasteiger partial charge on any atom is 0.292 e. The highest BCUT2D eigenvalue weighted by molar-refractivity contribution is 5.62. The van der Waals surface area contributed by atoms with Crippen LogP contribution in [0.2, 0.25) is 0 Å². The molecule has 0 aromatic heterocycles. The first-order chi connectivity index (χ1) is 9.70. The Morgan fingerprint density at radius 3 is 2.80 bits per heavy atom. The zero-order valence-electron chi connectivity index (χ0n) is 11.7. The van der Waals surface area contributed by atoms with E-state index in [0.717, 1.165) is 31.6 Å². The van der Waals surface area contributed by atoms with Gasteiger partial charge in [0.2, 0.25) is 0 Å². The maximum atomic E-state index is 11.1. The summed E-state index contributed by atoms with van der Waals surface area (Å²) in [5.74, 6) is 0. The molecule has 0 saturated carbocycles. The number of hydrogen-bond acceptors (Lipinski definition) is 5. The van der Waals surface area contributed by atoms with Gasteiger partial charge in [0.05, 0.1) is 4.92 Å². The van der Waals surface area contributed by atoms with Crippen LogP contribution < -0.4 is 10.6 Å². The molecule has 0 amide bonds. The van der Waals surface area contributed by atoms with Gasteiger partial charge in [-0.05, 0) is 31.4 Å². The molecule has 0 spiro atoms. The first-order valence-electron chi connectivity index (χ1n) is 7.03. The first kappa shape index (κ1) is 14.7. The van der Waals surface area contributed by atoms with Crippen molar-refractivity contribution in [1.82, 2.24) is 5.32 Å². The monoisotopic (exact) mass is 279 g/mol. The fourth-order valence-electron chi connectivity index (χ4n) is 2.34. The second-order valence-electron chi connectivity index (χ2n) is 4.91. The molecule has 2 rings (SSSR count). The Bertz CT molecular complexity index is 459. The first-order valence-corrected chi connectivity index (χ1v) is 7.03. The van der Waals surface area contributed by atoms with E-state index >= 15 is 0 Å². The van der Waals surface area contributed by atoms with Crippen LogP contribution in [0.15, 0.2) is 18.2 Å². The highest BCUT2D eigenvalue weighted by Gasteiger charge is 2.16. The van der Waals surface area contributed by atoms with E-state index in [9.17, 15) is 10.1 Å². The highest BCUT2D eigenvalue weighted by Crippen LogP contribution is 2.25. The van der Waals surface area contributed by atoms with Crippen molar-refractivity contribution < 1.29 is 9.66 Å². The van der Waals surface area contributed by atoms with Crippen molar-refractivity contribution in [3.8, 4) is 0 Å². The SMILES string of the molecule is CCNc1ccc(CNC2CCOCC2)cc1[N+](=O)[O-]. The van der Waals surface area contributed by atoms with Crippen molar-refractivity contribution in [1.29, 1.82) is 0 Å². The number of benzene rings is 1. The van der Waals surface area contributed by atoms with Crippen LogP contribution in [-0.4, -0.2) is 30.7 Å². The molecule has 1 aromatic rings. The molecule has 1 aliphatic heterocycles. The van der Waals surface area contributed by atoms with Crippen LogP contribution in [0.4, 0.5) is 11.4 Å². The topological polar surface area (TPSA) is 76.4 Å². The summed E-state index contributed by atoms with van der Waals surface area (Å²) >= 11 is 0. The molecule has 1 aromatic carbocycles. The third-order valence-electron chi connectivity index (χ3n) is 3.44. The molecule has 2 N–H and O–H groups in total. The smallest absolute Gasteiger partial charge is 0.292 e. The normalized spacial score (nSPS) is 16.1. The molecular weight excluding hydrogens is 258 g/mol. The Kier molecular flexibility index (Phi) is 5.31. The average molecular weight is 279 g/mol. The molecule has 1 aliphatic rings. The molecule has 1 saturated heterocycles. The Hall–Kier alpha value is -1.66. The average Bonchev–Trinajstić information content (AvgIpc) is 2.47. The molecule has 1 fully saturated rings. The second kappa shape index (κ2) is 7.21. The number of anilines is 1. The predicted molar refractivity (Wildman–Crippen MR) is 77.9 cm³/mol. The van der Waals surface area contributed by atoms with Gasteiger partial charge in [-0.3, -0.25) is 10.1 Å². The van der Waals surface area contributed by atoms with Crippen molar-refractivity contribution in [2.75, 3.05) is 25.1 Å². The molecule has 1 heterocycles. The van der Waals surface area contributed by atoms with Gasteiger partial charge in [-0.15, -0.1) is 0 Å². The van der Waals surface area contributed by atoms with Crippen molar-refractivity contribution in [2.45, 2.75) is 32.4 Å². The van der Waals surface area contributed by atoms with Gasteiger partial charge in [0.15, 0.2) is 0 Å². The minimum Gasteiger partial charge on any atom is -0.381 e. The molecular formula is C14H21N3O3. The van der Waals surface area contributed by atoms with Crippen LogP contribution in [0.3, 0.4) is 0 Å². The van der Waals surface area contributed by atoms with Crippen LogP contribution in [-0.2, 0) is 11.3 Å². The molecule has 0 radical (unpaired) electrons. The standard InChI is InChI=1S/C14H21N3O3/c1-2-15-13-4-3-11(9-14(13)17(18)19)10-16-12-5-7-20-8-6-12/h3-4,9,12,15-16H,2,5-8,10H2,1H3. The van der Waals surface area contributed by atoms with E-state index in [1.54, 1.807) is 12.1 Å². The van der Waals surface area contributed by atoms with Gasteiger partial charge >= 0.3 is 0 Å². The van der Waals surface area contributed by atoms with Crippen molar-refractivity contribution in [3.63, 3.8) is 0 Å². The summed E-state index contributed by atoms with van der Waals surface area (Å²) in [5, 5.41) is 17.5. The second-order valence-corrected chi connectivity index (χ2v) is 4.91. The molecule has 6 nitrogen and oxygen atoms in total. The van der Waals surface area contributed by atoms with Gasteiger partial charge in [0, 0.05) is 38.4 Å². The van der Waals surface area contributed by atoms with Crippen LogP contribution in [0.1, 0.15) is 25.3 Å². The van der Waals surface area contributed by atoms with E-state index in [1.807, 2.05) is 13.0 Å². The fourth-order valence-corrected chi connectivity index (χ4v) is 2.34. The summed E-state index contributed by atoms with van der Waals surface area (Å²) in [6.07, 6.45) is 2.00. The van der Waals surface area contributed by atoms with Gasteiger partial charge < -0.3 is 15.4 Å². The number of nitrogens with one attached hydrogen (secondary N) is 2. The number of hydrogen-bond donors (Lipinski definition) is 2. The van der Waals surface area contributed by atoms with Gasteiger partial charge in [-0.25, -0.2) is 0 Å². The lowest BCUT2D eigenvalue weighted by atomic mass is 10.1. The lowest BCUT2D eigenvalue weighted by Gasteiger charge is -2.23. The van der Waals surface area contributed by atoms with Gasteiger partial charge in [-0.1, -0.05) is 6.07 Å². The summed E-state index contributed by atoms with van der Waals surface area (Å²) < 4.78 is 5.31. The third kappa shape index (κ3) is 3.91. The quantitative estimate of drug-likeness (QED) is 0.617. The van der Waals surface area contributed by atoms with Crippen molar-refractivity contribution in [3.05, 3.63) is 33.9 Å². The zero-order chi connectivity index (χ0) is 14.4. The summed E-state index contributed by atoms with van der Waals surface area (Å²) in [6.45, 7) is 4.82. The van der Waals surface area contributed by atoms with E-state index in [4.69, 9.17) is 4.74 Å². The van der Waals surface area contributed by atoms with Crippen molar-refractivity contribution in [2.24, 2.45) is 0 Å². The van der Waals surface area contributed by atoms with Crippen LogP contribution in [0, 0.1) is 10.1 Å². The molecule has 0 bridgehead atoms. The Morgan fingerprint density at radius 1 is 1.40 bits per heavy atom. The van der Waals surface area contributed by atoms with Gasteiger partial charge in [0.1, 0.15) is 5.69 Å². The highest BCUT2D eigenvalue weighted by atomic mass is 16.6. The minimum atomic E-state index is -0.337. The predicted octanol–water partition coefficient (Wildman–Crippen LogP) is 2.30. The largest absolute Gasteiger partial charge is 0.381 e. The number of nitrogens with zero attached hydrogens (tertiary/aromatic N) is 1. The molecule has 110 valence electrons. The van der Waals surface area contributed by atoms with Crippen LogP contribution >= 0.6 is 0 Å². The zero-order valence-corrected chi connectivity index (χ0v) is 11.7. The van der Waals surface area contributed by atoms with Crippen LogP contribution in [0.25, 0.3) is 0 Å². The van der Waals surface area contributed by atoms with Gasteiger partial charge in [-0.2, -0.15) is 0 Å². The number of ether oxygens (including phenoxy) is 1. The van der Waals surface area contributed by atoms with Gasteiger partial charge in [0.25, 0.3) is 5.69 Å². The Morgan fingerprint density at radius 2 is 2.15 bits per heavy atom. The molecule has 20 heavy (non-hydrogen) atoms. The Labute approximate surface area is 118 Å². The molecule has 0 unspecified atom stereocenters. The molecule has 6 heteroatoms. The summed E-state index contributed by atoms with van der Waals surface area (Å²) in [6, 6.07) is 5.79. The van der Waals surface area contributed by atoms with Crippen LogP contribution in [0.5, 0.6) is 0 Å². The minimum absolute atomic E-state index is 0.137. The number of nitro groups is 1. The number of rotatable bonds is 6. The Balaban J connectivity index is 2.00. The lowest BCUT2D eigenvalue weighted by molar-refractivity contribution is -0.384. The summed E-state index contributed by atoms with van der Waals surface area (Å²) in [7, 11) is 0. The van der Waals surface area contributed by atoms with E-state index in [2.05, 4.69) is 10.6 Å². The molecule has 0 aliphatic carbocycles.